The van der Waals surface area contributed by atoms with Gasteiger partial charge in [0.2, 0.25) is 0 Å². The van der Waals surface area contributed by atoms with E-state index >= 15 is 0 Å². The van der Waals surface area contributed by atoms with Crippen molar-refractivity contribution in [2.45, 2.75) is 124 Å². The Hall–Kier alpha value is -3.39. The minimum atomic E-state index is -1.52. The molecule has 0 spiro atoms. The minimum Gasteiger partial charge on any atom is -0.511 e. The number of halogens is 3. The van der Waals surface area contributed by atoms with Crippen LogP contribution in [-0.2, 0) is 23.9 Å². The van der Waals surface area contributed by atoms with E-state index in [9.17, 15) is 39.6 Å². The highest BCUT2D eigenvalue weighted by molar-refractivity contribution is 6.49. The lowest BCUT2D eigenvalue weighted by Gasteiger charge is -2.49. The van der Waals surface area contributed by atoms with Gasteiger partial charge in [-0.15, -0.1) is 0 Å². The van der Waals surface area contributed by atoms with Crippen LogP contribution in [0.2, 0.25) is 15.2 Å². The number of hydrogen-bond acceptors (Lipinski definition) is 8. The first-order valence-corrected chi connectivity index (χ1v) is 22.2. The van der Waals surface area contributed by atoms with Crippen molar-refractivity contribution < 1.29 is 49.1 Å². The number of aromatic amines is 1. The summed E-state index contributed by atoms with van der Waals surface area (Å²) in [6.07, 6.45) is 11.5. The molecule has 1 aromatic rings. The standard InChI is InChI=1S/C43H53Cl3N2O10.C2H6/c1-6-22-15-27-36(50)31(42(55)56)37(51)30-23(10-8-7-9-19(2)17-43(27,5)18-26(22)41(53)54)12-14-25-24(30)13-11-20(3)38(25)58-29-16-28(49)34(21(4)57-29)48-40(52)35-32(44)33(45)39(46)47-35;1-2/h7-8,12,14,17-18,20-25,27-30,34,38,47,49,51H,6,9-11,13,15-16H2,1-5H3,(H,48,52)(H,53,54)(H,55,56);1-2H3/b8-7+,19-17+,37-31-;/t20-,21?,22?,23?,24?,25?,27?,28?,29?,30?,34?,38-,43-;/m0./s1. The van der Waals surface area contributed by atoms with E-state index in [1.54, 1.807) is 19.9 Å². The molecule has 1 amide bonds. The second-order valence-corrected chi connectivity index (χ2v) is 18.1. The molecule has 0 bridgehead atoms. The Morgan fingerprint density at radius 3 is 2.32 bits per heavy atom. The summed E-state index contributed by atoms with van der Waals surface area (Å²) >= 11 is 18.2. The van der Waals surface area contributed by atoms with Crippen molar-refractivity contribution in [3.05, 3.63) is 79.8 Å². The average molecular weight is 894 g/mol. The Morgan fingerprint density at radius 1 is 1.02 bits per heavy atom. The van der Waals surface area contributed by atoms with E-state index in [4.69, 9.17) is 44.3 Å². The Balaban J connectivity index is 0.00000336. The number of amides is 1. The molecule has 60 heavy (non-hydrogen) atoms. The number of rotatable bonds is 7. The van der Waals surface area contributed by atoms with Gasteiger partial charge in [-0.1, -0.05) is 111 Å². The number of ketones is 1. The van der Waals surface area contributed by atoms with E-state index in [0.717, 1.165) is 5.57 Å². The molecular formula is C45H59Cl3N2O10. The first kappa shape index (κ1) is 47.7. The third-order valence-corrected chi connectivity index (χ3v) is 14.4. The molecule has 4 aliphatic carbocycles. The maximum atomic E-state index is 14.7. The summed E-state index contributed by atoms with van der Waals surface area (Å²) in [4.78, 5) is 56.0. The lowest BCUT2D eigenvalue weighted by molar-refractivity contribution is -0.256. The Labute approximate surface area is 367 Å². The van der Waals surface area contributed by atoms with Crippen LogP contribution in [0.5, 0.6) is 0 Å². The number of carboxylic acid groups (broad SMARTS) is 2. The van der Waals surface area contributed by atoms with Crippen LogP contribution in [0, 0.1) is 46.8 Å². The molecule has 6 N–H and O–H groups in total. The number of hydrogen-bond donors (Lipinski definition) is 6. The molecule has 5 aliphatic rings. The number of allylic oxidation sites excluding steroid dienone is 7. The SMILES string of the molecule is CC.CCC1CC2C(=O)/C(C(=O)O)=C(/O)C3C(C=CC4C3CC[C@H](C)[C@@H]4OC3CC(O)C(NC(=O)c4[nH]c(Cl)c(Cl)c4Cl)C(C)O3)C/C=C/C/C(C)=C/[C@@]2(C)C=C1C(=O)O. The van der Waals surface area contributed by atoms with Gasteiger partial charge in [0.1, 0.15) is 22.2 Å². The Bertz CT molecular complexity index is 1960. The van der Waals surface area contributed by atoms with Crippen molar-refractivity contribution in [2.24, 2.45) is 46.8 Å². The van der Waals surface area contributed by atoms with Crippen molar-refractivity contribution >= 4 is 58.4 Å². The molecule has 330 valence electrons. The number of carbonyl (C=O) groups excluding carboxylic acids is 2. The summed E-state index contributed by atoms with van der Waals surface area (Å²) in [6, 6.07) is -0.817. The molecule has 15 heteroatoms. The molecule has 2 fully saturated rings. The molecule has 1 aliphatic heterocycles. The Kier molecular flexibility index (Phi) is 15.7. The van der Waals surface area contributed by atoms with Crippen LogP contribution in [0.4, 0.5) is 0 Å². The summed E-state index contributed by atoms with van der Waals surface area (Å²) < 4.78 is 12.9. The van der Waals surface area contributed by atoms with E-state index in [0.29, 0.717) is 32.1 Å². The van der Waals surface area contributed by atoms with Gasteiger partial charge in [0, 0.05) is 35.2 Å². The summed E-state index contributed by atoms with van der Waals surface area (Å²) in [6.45, 7) is 13.3. The highest BCUT2D eigenvalue weighted by Gasteiger charge is 2.51. The zero-order chi connectivity index (χ0) is 44.4. The van der Waals surface area contributed by atoms with Gasteiger partial charge in [-0.25, -0.2) is 9.59 Å². The average Bonchev–Trinajstić information content (AvgIpc) is 3.45. The maximum Gasteiger partial charge on any atom is 0.342 e. The molecule has 0 radical (unpaired) electrons. The van der Waals surface area contributed by atoms with Gasteiger partial charge >= 0.3 is 11.9 Å². The van der Waals surface area contributed by atoms with Crippen LogP contribution >= 0.6 is 34.8 Å². The van der Waals surface area contributed by atoms with Gasteiger partial charge in [-0.2, -0.15) is 0 Å². The second kappa shape index (κ2) is 19.8. The summed E-state index contributed by atoms with van der Waals surface area (Å²) in [5.74, 6) is -7.45. The van der Waals surface area contributed by atoms with E-state index in [1.165, 1.54) is 0 Å². The predicted molar refractivity (Wildman–Crippen MR) is 230 cm³/mol. The number of carbonyl (C=O) groups is 4. The van der Waals surface area contributed by atoms with Crippen LogP contribution < -0.4 is 5.32 Å². The third kappa shape index (κ3) is 9.64. The van der Waals surface area contributed by atoms with Crippen LogP contribution in [0.15, 0.2) is 58.9 Å². The highest BCUT2D eigenvalue weighted by Crippen LogP contribution is 2.52. The van der Waals surface area contributed by atoms with Crippen molar-refractivity contribution in [1.29, 1.82) is 0 Å². The fourth-order valence-electron chi connectivity index (χ4n) is 10.2. The van der Waals surface area contributed by atoms with Crippen LogP contribution in [0.1, 0.15) is 104 Å². The second-order valence-electron chi connectivity index (χ2n) is 17.0. The van der Waals surface area contributed by atoms with Gasteiger partial charge in [-0.3, -0.25) is 9.59 Å². The molecule has 1 saturated carbocycles. The number of aliphatic hydroxyl groups excluding tert-OH is 2. The molecule has 1 saturated heterocycles. The van der Waals surface area contributed by atoms with Crippen molar-refractivity contribution in [2.75, 3.05) is 0 Å². The number of fused-ring (bicyclic) bond motifs is 4. The molecule has 1 aromatic heterocycles. The van der Waals surface area contributed by atoms with E-state index in [2.05, 4.69) is 23.3 Å². The van der Waals surface area contributed by atoms with Crippen LogP contribution in [0.25, 0.3) is 0 Å². The fourth-order valence-corrected chi connectivity index (χ4v) is 10.8. The number of aliphatic hydroxyl groups is 2. The van der Waals surface area contributed by atoms with Gasteiger partial charge in [0.05, 0.1) is 34.4 Å². The van der Waals surface area contributed by atoms with Gasteiger partial charge in [0.15, 0.2) is 12.1 Å². The molecule has 10 unspecified atom stereocenters. The number of aromatic nitrogens is 1. The van der Waals surface area contributed by atoms with Crippen molar-refractivity contribution in [3.63, 3.8) is 0 Å². The van der Waals surface area contributed by atoms with Gasteiger partial charge < -0.3 is 40.2 Å². The minimum absolute atomic E-state index is 0.00885. The fraction of sp³-hybridized carbons (Fsp3) is 0.600. The third-order valence-electron chi connectivity index (χ3n) is 13.1. The zero-order valence-electron chi connectivity index (χ0n) is 35.2. The normalized spacial score (nSPS) is 38.4. The van der Waals surface area contributed by atoms with Crippen molar-refractivity contribution in [3.8, 4) is 0 Å². The lowest BCUT2D eigenvalue weighted by Crippen LogP contribution is -2.57. The monoisotopic (exact) mass is 892 g/mol. The van der Waals surface area contributed by atoms with E-state index in [-0.39, 0.29) is 63.0 Å². The van der Waals surface area contributed by atoms with Gasteiger partial charge in [0.25, 0.3) is 5.91 Å². The largest absolute Gasteiger partial charge is 0.511 e. The number of nitrogens with one attached hydrogen (secondary N) is 2. The first-order valence-electron chi connectivity index (χ1n) is 21.1. The first-order chi connectivity index (χ1) is 28.4. The topological polar surface area (TPSA) is 195 Å². The lowest BCUT2D eigenvalue weighted by atomic mass is 9.59. The highest BCUT2D eigenvalue weighted by atomic mass is 35.5. The summed E-state index contributed by atoms with van der Waals surface area (Å²) in [5, 5.41) is 47.1. The van der Waals surface area contributed by atoms with E-state index < -0.39 is 88.8 Å². The molecule has 0 aromatic carbocycles. The molecule has 2 heterocycles. The number of Topliss-reactive ketones (excluding diaryl/α,β-unsaturated/α-hetero) is 1. The molecular weight excluding hydrogens is 835 g/mol. The molecule has 12 nitrogen and oxygen atoms in total. The molecule has 6 rings (SSSR count). The maximum absolute atomic E-state index is 14.7. The smallest absolute Gasteiger partial charge is 0.342 e. The van der Waals surface area contributed by atoms with Crippen LogP contribution in [0.3, 0.4) is 0 Å². The zero-order valence-corrected chi connectivity index (χ0v) is 37.5. The number of aliphatic carboxylic acids is 2. The van der Waals surface area contributed by atoms with Crippen molar-refractivity contribution in [1.82, 2.24) is 10.3 Å². The summed E-state index contributed by atoms with van der Waals surface area (Å²) in [5.41, 5.74) is -0.704. The number of H-pyrrole nitrogens is 1. The Morgan fingerprint density at radius 2 is 1.72 bits per heavy atom. The predicted octanol–water partition coefficient (Wildman–Crippen LogP) is 9.27. The van der Waals surface area contributed by atoms with E-state index in [1.807, 2.05) is 52.0 Å². The molecule has 13 atom stereocenters. The quantitative estimate of drug-likeness (QED) is 0.113. The van der Waals surface area contributed by atoms with Gasteiger partial charge in [-0.05, 0) is 76.0 Å². The summed E-state index contributed by atoms with van der Waals surface area (Å²) in [7, 11) is 0. The van der Waals surface area contributed by atoms with Crippen LogP contribution in [-0.4, -0.2) is 79.7 Å². The number of ether oxygens (including phenoxy) is 2. The number of carboxylic acids is 2.